The maximum atomic E-state index is 13.3. The first-order chi connectivity index (χ1) is 14.8. The number of aliphatic hydroxyl groups is 2. The van der Waals surface area contributed by atoms with E-state index < -0.39 is 42.1 Å². The summed E-state index contributed by atoms with van der Waals surface area (Å²) in [6.45, 7) is 1.40. The number of aliphatic hydroxyl groups excluding tert-OH is 2. The molecule has 2 aliphatic rings. The van der Waals surface area contributed by atoms with E-state index in [1.807, 2.05) is 31.2 Å². The van der Waals surface area contributed by atoms with E-state index in [1.165, 1.54) is 4.90 Å². The summed E-state index contributed by atoms with van der Waals surface area (Å²) >= 11 is 0. The lowest BCUT2D eigenvalue weighted by Crippen LogP contribution is -2.58. The van der Waals surface area contributed by atoms with Crippen LogP contribution >= 0.6 is 0 Å². The number of aryl methyl sites for hydroxylation is 1. The molecule has 1 aliphatic carbocycles. The maximum Gasteiger partial charge on any atom is 0.329 e. The van der Waals surface area contributed by atoms with Crippen LogP contribution in [0.1, 0.15) is 50.2 Å². The molecule has 1 aromatic rings. The molecule has 4 N–H and O–H groups in total. The summed E-state index contributed by atoms with van der Waals surface area (Å²) < 4.78 is 0. The predicted octanol–water partition coefficient (Wildman–Crippen LogP) is 2.11. The van der Waals surface area contributed by atoms with Crippen molar-refractivity contribution in [2.45, 2.75) is 64.3 Å². The Labute approximate surface area is 181 Å². The van der Waals surface area contributed by atoms with Crippen LogP contribution in [-0.2, 0) is 22.6 Å². The van der Waals surface area contributed by atoms with Crippen LogP contribution in [-0.4, -0.2) is 61.8 Å². The first-order valence-electron chi connectivity index (χ1n) is 10.6. The van der Waals surface area contributed by atoms with Crippen molar-refractivity contribution in [2.24, 2.45) is 0 Å². The van der Waals surface area contributed by atoms with E-state index >= 15 is 0 Å². The van der Waals surface area contributed by atoms with Gasteiger partial charge in [-0.1, -0.05) is 50.5 Å². The Hall–Kier alpha value is -3.07. The average Bonchev–Trinajstić information content (AvgIpc) is 2.76. The number of carbonyl (C=O) groups excluding carboxylic acids is 2. The van der Waals surface area contributed by atoms with Crippen molar-refractivity contribution in [3.05, 3.63) is 46.8 Å². The van der Waals surface area contributed by atoms with E-state index in [0.717, 1.165) is 41.7 Å². The molecule has 3 rings (SSSR count). The Balaban J connectivity index is 1.94. The molecule has 3 amide bonds. The second-order valence-corrected chi connectivity index (χ2v) is 7.93. The third-order valence-corrected chi connectivity index (χ3v) is 5.84. The highest BCUT2D eigenvalue weighted by atomic mass is 16.4. The summed E-state index contributed by atoms with van der Waals surface area (Å²) in [5.74, 6) is -2.79. The maximum absolute atomic E-state index is 13.3. The van der Waals surface area contributed by atoms with Crippen molar-refractivity contribution in [1.82, 2.24) is 15.1 Å². The van der Waals surface area contributed by atoms with E-state index in [1.54, 1.807) is 0 Å². The van der Waals surface area contributed by atoms with Gasteiger partial charge < -0.3 is 20.6 Å². The fourth-order valence-electron chi connectivity index (χ4n) is 4.10. The highest BCUT2D eigenvalue weighted by Gasteiger charge is 2.44. The minimum absolute atomic E-state index is 0.0379. The van der Waals surface area contributed by atoms with Crippen LogP contribution in [0, 0.1) is 0 Å². The zero-order valence-electron chi connectivity index (χ0n) is 17.6. The Morgan fingerprint density at radius 1 is 1.10 bits per heavy atom. The van der Waals surface area contributed by atoms with E-state index in [9.17, 15) is 24.6 Å². The number of nitrogens with one attached hydrogen (secondary N) is 1. The van der Waals surface area contributed by atoms with Gasteiger partial charge >= 0.3 is 12.0 Å². The molecule has 1 heterocycles. The van der Waals surface area contributed by atoms with Gasteiger partial charge in [-0.2, -0.15) is 0 Å². The van der Waals surface area contributed by atoms with Gasteiger partial charge in [-0.25, -0.2) is 4.79 Å². The number of urea groups is 1. The van der Waals surface area contributed by atoms with Crippen LogP contribution in [0.3, 0.4) is 0 Å². The molecule has 9 heteroatoms. The van der Waals surface area contributed by atoms with Gasteiger partial charge in [-0.3, -0.25) is 19.4 Å². The third kappa shape index (κ3) is 4.99. The van der Waals surface area contributed by atoms with E-state index in [-0.39, 0.29) is 12.6 Å². The SMILES string of the molecule is CCc1ccc(CN2C(=O)N(C3CCCCC3)C(O)=C(C(=O)NCC(=O)O)C2O)cc1. The van der Waals surface area contributed by atoms with E-state index in [2.05, 4.69) is 5.32 Å². The normalized spacial score (nSPS) is 20.2. The largest absolute Gasteiger partial charge is 0.494 e. The molecule has 1 fully saturated rings. The Kier molecular flexibility index (Phi) is 7.17. The van der Waals surface area contributed by atoms with Crippen LogP contribution in [0.2, 0.25) is 0 Å². The number of benzene rings is 1. The number of aliphatic carboxylic acids is 1. The van der Waals surface area contributed by atoms with Gasteiger partial charge in [-0.05, 0) is 30.4 Å². The molecule has 0 spiro atoms. The zero-order valence-corrected chi connectivity index (χ0v) is 17.6. The van der Waals surface area contributed by atoms with Gasteiger partial charge in [0.15, 0.2) is 6.23 Å². The minimum atomic E-state index is -1.70. The molecule has 0 bridgehead atoms. The molecule has 9 nitrogen and oxygen atoms in total. The van der Waals surface area contributed by atoms with Crippen LogP contribution in [0.5, 0.6) is 0 Å². The van der Waals surface area contributed by atoms with Gasteiger partial charge in [0.25, 0.3) is 5.91 Å². The Morgan fingerprint density at radius 3 is 2.29 bits per heavy atom. The summed E-state index contributed by atoms with van der Waals surface area (Å²) in [4.78, 5) is 39.1. The Morgan fingerprint density at radius 2 is 1.71 bits per heavy atom. The number of hydrogen-bond donors (Lipinski definition) is 4. The summed E-state index contributed by atoms with van der Waals surface area (Å²) in [5, 5.41) is 32.7. The van der Waals surface area contributed by atoms with Crippen molar-refractivity contribution in [3.8, 4) is 0 Å². The lowest BCUT2D eigenvalue weighted by atomic mass is 9.93. The van der Waals surface area contributed by atoms with E-state index in [0.29, 0.717) is 12.8 Å². The lowest BCUT2D eigenvalue weighted by Gasteiger charge is -2.43. The summed E-state index contributed by atoms with van der Waals surface area (Å²) in [5.41, 5.74) is 1.47. The van der Waals surface area contributed by atoms with Crippen molar-refractivity contribution in [3.63, 3.8) is 0 Å². The monoisotopic (exact) mass is 431 g/mol. The van der Waals surface area contributed by atoms with E-state index in [4.69, 9.17) is 5.11 Å². The first-order valence-corrected chi connectivity index (χ1v) is 10.6. The fraction of sp³-hybridized carbons (Fsp3) is 0.500. The second kappa shape index (κ2) is 9.82. The number of amides is 3. The fourth-order valence-corrected chi connectivity index (χ4v) is 4.10. The molecule has 1 aliphatic heterocycles. The van der Waals surface area contributed by atoms with Crippen LogP contribution in [0.25, 0.3) is 0 Å². The van der Waals surface area contributed by atoms with Crippen molar-refractivity contribution in [1.29, 1.82) is 0 Å². The van der Waals surface area contributed by atoms with Gasteiger partial charge in [0.05, 0.1) is 6.54 Å². The standard InChI is InChI=1S/C22H29N3O6/c1-2-14-8-10-15(11-9-14)13-24-20(29)18(19(28)23-12-17(26)27)21(30)25(22(24)31)16-6-4-3-5-7-16/h8-11,16,20,29-30H,2-7,12-13H2,1H3,(H,23,28)(H,26,27). The number of hydrogen-bond acceptors (Lipinski definition) is 5. The molecular formula is C22H29N3O6. The topological polar surface area (TPSA) is 130 Å². The Bertz CT molecular complexity index is 861. The summed E-state index contributed by atoms with van der Waals surface area (Å²) in [7, 11) is 0. The molecule has 1 atom stereocenters. The van der Waals surface area contributed by atoms with Gasteiger partial charge in [-0.15, -0.1) is 0 Å². The molecule has 0 radical (unpaired) electrons. The van der Waals surface area contributed by atoms with Crippen molar-refractivity contribution >= 4 is 17.9 Å². The molecule has 1 saturated carbocycles. The lowest BCUT2D eigenvalue weighted by molar-refractivity contribution is -0.137. The first kappa shape index (κ1) is 22.6. The number of rotatable bonds is 7. The van der Waals surface area contributed by atoms with Gasteiger partial charge in [0.2, 0.25) is 5.88 Å². The van der Waals surface area contributed by atoms with Crippen LogP contribution in [0.15, 0.2) is 35.7 Å². The van der Waals surface area contributed by atoms with Crippen LogP contribution in [0.4, 0.5) is 4.79 Å². The molecule has 31 heavy (non-hydrogen) atoms. The van der Waals surface area contributed by atoms with Crippen molar-refractivity contribution < 1.29 is 29.7 Å². The molecular weight excluding hydrogens is 402 g/mol. The molecule has 0 aromatic heterocycles. The molecule has 168 valence electrons. The molecule has 1 unspecified atom stereocenters. The minimum Gasteiger partial charge on any atom is -0.494 e. The highest BCUT2D eigenvalue weighted by Crippen LogP contribution is 2.32. The van der Waals surface area contributed by atoms with Crippen LogP contribution < -0.4 is 5.32 Å². The van der Waals surface area contributed by atoms with Gasteiger partial charge in [0, 0.05) is 6.04 Å². The smallest absolute Gasteiger partial charge is 0.329 e. The highest BCUT2D eigenvalue weighted by molar-refractivity contribution is 5.98. The number of carboxylic acid groups (broad SMARTS) is 1. The molecule has 1 aromatic carbocycles. The van der Waals surface area contributed by atoms with Gasteiger partial charge in [0.1, 0.15) is 12.1 Å². The third-order valence-electron chi connectivity index (χ3n) is 5.84. The quantitative estimate of drug-likeness (QED) is 0.523. The van der Waals surface area contributed by atoms with Crippen molar-refractivity contribution in [2.75, 3.05) is 6.54 Å². The number of carbonyl (C=O) groups is 3. The number of carboxylic acids is 1. The number of nitrogens with zero attached hydrogens (tertiary/aromatic N) is 2. The summed E-state index contributed by atoms with van der Waals surface area (Å²) in [6.07, 6.45) is 3.33. The molecule has 0 saturated heterocycles. The zero-order chi connectivity index (χ0) is 22.5. The summed E-state index contributed by atoms with van der Waals surface area (Å²) in [6, 6.07) is 6.71. The average molecular weight is 431 g/mol. The second-order valence-electron chi connectivity index (χ2n) is 7.93. The predicted molar refractivity (Wildman–Crippen MR) is 112 cm³/mol.